The lowest BCUT2D eigenvalue weighted by Crippen LogP contribution is -2.03. The van der Waals surface area contributed by atoms with E-state index in [-0.39, 0.29) is 0 Å². The number of para-hydroxylation sites is 2. The molecule has 0 aliphatic carbocycles. The predicted octanol–water partition coefficient (Wildman–Crippen LogP) is 15.0. The maximum Gasteiger partial charge on any atom is 0.187 e. The van der Waals surface area contributed by atoms with Gasteiger partial charge in [-0.05, 0) is 65.2 Å². The molecule has 5 heterocycles. The summed E-state index contributed by atoms with van der Waals surface area (Å²) in [6.45, 7) is 7.99. The molecule has 6 heteroatoms. The number of hydrogen-bond acceptors (Lipinski definition) is 3. The Bertz CT molecular complexity index is 3800. The van der Waals surface area contributed by atoms with Gasteiger partial charge in [-0.1, -0.05) is 152 Å². The average Bonchev–Trinajstić information content (AvgIpc) is 3.88. The van der Waals surface area contributed by atoms with Crippen LogP contribution >= 0.6 is 0 Å². The van der Waals surface area contributed by atoms with E-state index in [4.69, 9.17) is 21.5 Å². The van der Waals surface area contributed by atoms with Crippen LogP contribution in [0.2, 0.25) is 0 Å². The van der Waals surface area contributed by atoms with Gasteiger partial charge in [-0.25, -0.2) is 9.83 Å². The van der Waals surface area contributed by atoms with Crippen molar-refractivity contribution in [3.05, 3.63) is 230 Å². The van der Waals surface area contributed by atoms with Crippen LogP contribution in [0.5, 0.6) is 0 Å². The Labute approximate surface area is 369 Å². The van der Waals surface area contributed by atoms with Crippen molar-refractivity contribution < 1.29 is 0 Å². The minimum atomic E-state index is 0.573. The molecular formula is C58H36N6. The first kappa shape index (κ1) is 36.9. The van der Waals surface area contributed by atoms with E-state index >= 15 is 0 Å². The molecule has 0 saturated heterocycles. The number of benzene rings is 7. The summed E-state index contributed by atoms with van der Waals surface area (Å²) in [6, 6.07) is 69.6. The second kappa shape index (κ2) is 15.2. The molecule has 0 N–H and O–H groups in total. The van der Waals surface area contributed by atoms with Crippen molar-refractivity contribution in [2.24, 2.45) is 0 Å². The molecule has 0 amide bonds. The molecular weight excluding hydrogens is 781 g/mol. The van der Waals surface area contributed by atoms with E-state index in [0.717, 1.165) is 111 Å². The molecule has 12 rings (SSSR count). The van der Waals surface area contributed by atoms with Crippen molar-refractivity contribution in [3.8, 4) is 67.4 Å². The Morgan fingerprint density at radius 2 is 0.859 bits per heavy atom. The summed E-state index contributed by atoms with van der Waals surface area (Å²) in [7, 11) is 0. The van der Waals surface area contributed by atoms with Crippen molar-refractivity contribution in [1.82, 2.24) is 24.1 Å². The molecule has 5 aromatic heterocycles. The van der Waals surface area contributed by atoms with E-state index in [0.29, 0.717) is 5.69 Å². The van der Waals surface area contributed by atoms with E-state index in [9.17, 15) is 0 Å². The summed E-state index contributed by atoms with van der Waals surface area (Å²) in [5.74, 6) is 0.772. The largest absolute Gasteiger partial charge is 0.307 e. The van der Waals surface area contributed by atoms with Crippen LogP contribution in [0.15, 0.2) is 219 Å². The summed E-state index contributed by atoms with van der Waals surface area (Å²) in [5.41, 5.74) is 15.8. The van der Waals surface area contributed by atoms with Crippen molar-refractivity contribution in [1.29, 1.82) is 0 Å². The molecule has 298 valence electrons. The first-order chi connectivity index (χ1) is 31.7. The van der Waals surface area contributed by atoms with Crippen molar-refractivity contribution in [3.63, 3.8) is 0 Å². The van der Waals surface area contributed by atoms with E-state index < -0.39 is 0 Å². The standard InChI is InChI=1S/C58H36N6/c1-59-43-20-12-19-40(33-43)50-36-56(64-52-26-11-9-22-47(52)49-30-28-42(35-54(49)64)45-24-14-32-61-58(45)39-17-6-3-7-18-39)62-37-55(50)63-51-25-10-8-21-46(51)48-29-27-41(34-53(48)63)44-23-13-31-60-57(44)38-15-4-2-5-16-38/h2-37H. The third-order valence-electron chi connectivity index (χ3n) is 12.3. The first-order valence-electron chi connectivity index (χ1n) is 21.3. The maximum atomic E-state index is 7.99. The molecule has 0 atom stereocenters. The number of rotatable bonds is 7. The maximum absolute atomic E-state index is 7.99. The molecule has 0 fully saturated rings. The topological polar surface area (TPSA) is 52.9 Å². The van der Waals surface area contributed by atoms with Crippen LogP contribution < -0.4 is 0 Å². The summed E-state index contributed by atoms with van der Waals surface area (Å²) < 4.78 is 4.61. The molecule has 0 aliphatic heterocycles. The second-order valence-electron chi connectivity index (χ2n) is 15.9. The van der Waals surface area contributed by atoms with Crippen LogP contribution in [-0.2, 0) is 0 Å². The zero-order valence-electron chi connectivity index (χ0n) is 34.5. The molecule has 0 aliphatic rings. The third-order valence-corrected chi connectivity index (χ3v) is 12.3. The van der Waals surface area contributed by atoms with Crippen molar-refractivity contribution >= 4 is 49.3 Å². The van der Waals surface area contributed by atoms with Gasteiger partial charge in [-0.3, -0.25) is 14.5 Å². The normalized spacial score (nSPS) is 11.4. The fourth-order valence-electron chi connectivity index (χ4n) is 9.42. The van der Waals surface area contributed by atoms with Crippen molar-refractivity contribution in [2.75, 3.05) is 0 Å². The summed E-state index contributed by atoms with van der Waals surface area (Å²) >= 11 is 0. The van der Waals surface area contributed by atoms with Crippen LogP contribution in [0.1, 0.15) is 0 Å². The zero-order chi connectivity index (χ0) is 42.6. The predicted molar refractivity (Wildman–Crippen MR) is 262 cm³/mol. The fraction of sp³-hybridized carbons (Fsp3) is 0. The molecule has 7 aromatic carbocycles. The Morgan fingerprint density at radius 1 is 0.359 bits per heavy atom. The summed E-state index contributed by atoms with van der Waals surface area (Å²) in [5, 5.41) is 4.55. The Balaban J connectivity index is 1.11. The molecule has 0 unspecified atom stereocenters. The number of nitrogens with zero attached hydrogens (tertiary/aromatic N) is 6. The second-order valence-corrected chi connectivity index (χ2v) is 15.9. The van der Waals surface area contributed by atoms with Crippen LogP contribution in [0.25, 0.3) is 116 Å². The average molecular weight is 817 g/mol. The highest BCUT2D eigenvalue weighted by Crippen LogP contribution is 2.42. The van der Waals surface area contributed by atoms with Crippen LogP contribution in [-0.4, -0.2) is 24.1 Å². The van der Waals surface area contributed by atoms with Gasteiger partial charge >= 0.3 is 0 Å². The molecule has 12 aromatic rings. The van der Waals surface area contributed by atoms with Gasteiger partial charge < -0.3 is 4.57 Å². The highest BCUT2D eigenvalue weighted by molar-refractivity contribution is 6.12. The Hall–Kier alpha value is -8.92. The Morgan fingerprint density at radius 3 is 1.45 bits per heavy atom. The van der Waals surface area contributed by atoms with Gasteiger partial charge in [0.2, 0.25) is 0 Å². The van der Waals surface area contributed by atoms with E-state index in [1.807, 2.05) is 61.1 Å². The van der Waals surface area contributed by atoms with Crippen LogP contribution in [0.3, 0.4) is 0 Å². The van der Waals surface area contributed by atoms with E-state index in [2.05, 4.69) is 172 Å². The monoisotopic (exact) mass is 816 g/mol. The highest BCUT2D eigenvalue weighted by atomic mass is 15.1. The van der Waals surface area contributed by atoms with Gasteiger partial charge in [0.1, 0.15) is 5.82 Å². The summed E-state index contributed by atoms with van der Waals surface area (Å²) in [6.07, 6.45) is 5.72. The number of pyridine rings is 3. The van der Waals surface area contributed by atoms with Gasteiger partial charge in [-0.15, -0.1) is 0 Å². The molecule has 0 radical (unpaired) electrons. The Kier molecular flexibility index (Phi) is 8.77. The first-order valence-corrected chi connectivity index (χ1v) is 21.3. The SMILES string of the molecule is [C-]#[N+]c1cccc(-c2cc(-n3c4ccccc4c4ccc(-c5cccnc5-c5ccccc5)cc43)ncc2-n2c3ccccc3c3ccc(-c4cccnc4-c4ccccc4)cc32)c1. The lowest BCUT2D eigenvalue weighted by atomic mass is 9.98. The minimum absolute atomic E-state index is 0.573. The quantitative estimate of drug-likeness (QED) is 0.151. The molecule has 6 nitrogen and oxygen atoms in total. The highest BCUT2D eigenvalue weighted by Gasteiger charge is 2.21. The van der Waals surface area contributed by atoms with E-state index in [1.165, 1.54) is 0 Å². The molecule has 0 bridgehead atoms. The van der Waals surface area contributed by atoms with Gasteiger partial charge in [0.05, 0.1) is 51.9 Å². The number of aromatic nitrogens is 5. The zero-order valence-corrected chi connectivity index (χ0v) is 34.5. The van der Waals surface area contributed by atoms with Gasteiger partial charge in [0, 0.05) is 61.8 Å². The number of fused-ring (bicyclic) bond motifs is 6. The van der Waals surface area contributed by atoms with Crippen LogP contribution in [0, 0.1) is 6.57 Å². The van der Waals surface area contributed by atoms with E-state index in [1.54, 1.807) is 0 Å². The fourth-order valence-corrected chi connectivity index (χ4v) is 9.42. The minimum Gasteiger partial charge on any atom is -0.307 e. The molecule has 0 spiro atoms. The van der Waals surface area contributed by atoms with Gasteiger partial charge in [0.15, 0.2) is 5.69 Å². The lowest BCUT2D eigenvalue weighted by molar-refractivity contribution is 1.06. The van der Waals surface area contributed by atoms with Gasteiger partial charge in [-0.2, -0.15) is 0 Å². The van der Waals surface area contributed by atoms with Crippen molar-refractivity contribution in [2.45, 2.75) is 0 Å². The molecule has 0 saturated carbocycles. The smallest absolute Gasteiger partial charge is 0.187 e. The summed E-state index contributed by atoms with van der Waals surface area (Å²) in [4.78, 5) is 19.0. The number of hydrogen-bond donors (Lipinski definition) is 0. The third kappa shape index (κ3) is 6.06. The van der Waals surface area contributed by atoms with Crippen LogP contribution in [0.4, 0.5) is 5.69 Å². The lowest BCUT2D eigenvalue weighted by Gasteiger charge is -2.17. The molecule has 64 heavy (non-hydrogen) atoms. The van der Waals surface area contributed by atoms with Gasteiger partial charge in [0.25, 0.3) is 0 Å².